The van der Waals surface area contributed by atoms with Crippen molar-refractivity contribution in [3.63, 3.8) is 0 Å². The number of Topliss-reactive ketones (excluding diaryl/α,β-unsaturated/α-hetero) is 1. The van der Waals surface area contributed by atoms with Gasteiger partial charge in [-0.15, -0.1) is 0 Å². The van der Waals surface area contributed by atoms with Gasteiger partial charge in [0.1, 0.15) is 5.78 Å². The number of fused-ring (bicyclic) bond motifs is 1. The van der Waals surface area contributed by atoms with Crippen molar-refractivity contribution in [1.29, 1.82) is 0 Å². The van der Waals surface area contributed by atoms with E-state index in [1.807, 2.05) is 13.0 Å². The largest absolute Gasteiger partial charge is 0.393 e. The second kappa shape index (κ2) is 9.66. The van der Waals surface area contributed by atoms with Gasteiger partial charge < -0.3 is 10.2 Å². The Morgan fingerprint density at radius 3 is 2.61 bits per heavy atom. The van der Waals surface area contributed by atoms with Gasteiger partial charge in [-0.3, -0.25) is 4.79 Å². The molecule has 0 aromatic heterocycles. The molecule has 0 saturated heterocycles. The molecule has 0 bridgehead atoms. The summed E-state index contributed by atoms with van der Waals surface area (Å²) in [5.74, 6) is 1.83. The zero-order valence-electron chi connectivity index (χ0n) is 21.0. The summed E-state index contributed by atoms with van der Waals surface area (Å²) in [5.41, 5.74) is 3.79. The highest BCUT2D eigenvalue weighted by atomic mass is 16.3. The molecule has 4 aliphatic rings. The maximum absolute atomic E-state index is 12.3. The molecule has 0 aromatic rings. The number of ketones is 1. The van der Waals surface area contributed by atoms with E-state index in [-0.39, 0.29) is 17.3 Å². The number of hydrogen-bond donors (Lipinski definition) is 2. The standard InChI is InChI=1S/C30H44O3/c1-5-27(32)30(17-18-30)28(33)15-9-21(3)25-13-14-26-22(7-6-16-29(25,26)4)10-11-23-19-24(31)12-8-20(23)2/h9-11,15,21,24-26,28,31,33H,2,5-8,12-14,16-19H2,1,3-4H3/b15-9+,22-10+,23-11-/t21-,24+,25-,26+,28-,29-/m1/s1. The molecule has 4 rings (SSSR count). The van der Waals surface area contributed by atoms with Crippen LogP contribution >= 0.6 is 0 Å². The Morgan fingerprint density at radius 2 is 1.91 bits per heavy atom. The minimum Gasteiger partial charge on any atom is -0.393 e. The van der Waals surface area contributed by atoms with E-state index in [9.17, 15) is 15.0 Å². The molecule has 4 fully saturated rings. The molecule has 0 unspecified atom stereocenters. The smallest absolute Gasteiger partial charge is 0.141 e. The van der Waals surface area contributed by atoms with E-state index in [1.54, 1.807) is 5.57 Å². The van der Waals surface area contributed by atoms with Crippen LogP contribution in [0.25, 0.3) is 0 Å². The van der Waals surface area contributed by atoms with Gasteiger partial charge in [-0.25, -0.2) is 0 Å². The lowest BCUT2D eigenvalue weighted by atomic mass is 9.61. The lowest BCUT2D eigenvalue weighted by Gasteiger charge is -2.44. The molecule has 0 aliphatic heterocycles. The highest BCUT2D eigenvalue weighted by molar-refractivity contribution is 5.88. The minimum atomic E-state index is -0.634. The van der Waals surface area contributed by atoms with E-state index >= 15 is 0 Å². The topological polar surface area (TPSA) is 57.5 Å². The molecule has 0 radical (unpaired) electrons. The third kappa shape index (κ3) is 4.73. The molecule has 3 nitrogen and oxygen atoms in total. The van der Waals surface area contributed by atoms with Crippen LogP contribution in [0, 0.1) is 28.6 Å². The Bertz CT molecular complexity index is 858. The normalized spacial score (nSPS) is 38.0. The maximum atomic E-state index is 12.3. The van der Waals surface area contributed by atoms with Crippen molar-refractivity contribution >= 4 is 5.78 Å². The van der Waals surface area contributed by atoms with Crippen LogP contribution in [0.2, 0.25) is 0 Å². The van der Waals surface area contributed by atoms with E-state index in [2.05, 4.69) is 38.7 Å². The molecule has 6 atom stereocenters. The Kier molecular flexibility index (Phi) is 7.22. The first-order valence-electron chi connectivity index (χ1n) is 13.4. The number of aliphatic hydroxyl groups excluding tert-OH is 2. The Balaban J connectivity index is 1.46. The van der Waals surface area contributed by atoms with E-state index in [0.717, 1.165) is 32.1 Å². The van der Waals surface area contributed by atoms with Crippen LogP contribution in [0.4, 0.5) is 0 Å². The summed E-state index contributed by atoms with van der Waals surface area (Å²) in [4.78, 5) is 12.3. The van der Waals surface area contributed by atoms with E-state index < -0.39 is 11.5 Å². The molecule has 33 heavy (non-hydrogen) atoms. The third-order valence-corrected chi connectivity index (χ3v) is 9.69. The fourth-order valence-corrected chi connectivity index (χ4v) is 7.36. The van der Waals surface area contributed by atoms with Crippen LogP contribution in [0.15, 0.2) is 47.6 Å². The Hall–Kier alpha value is -1.45. The van der Waals surface area contributed by atoms with Crippen LogP contribution < -0.4 is 0 Å². The van der Waals surface area contributed by atoms with Crippen LogP contribution in [0.1, 0.15) is 91.4 Å². The van der Waals surface area contributed by atoms with E-state index in [0.29, 0.717) is 24.2 Å². The van der Waals surface area contributed by atoms with Gasteiger partial charge >= 0.3 is 0 Å². The number of carbonyl (C=O) groups is 1. The van der Waals surface area contributed by atoms with Crippen LogP contribution in [0.5, 0.6) is 0 Å². The van der Waals surface area contributed by atoms with Crippen molar-refractivity contribution in [3.05, 3.63) is 47.6 Å². The van der Waals surface area contributed by atoms with Gasteiger partial charge in [0, 0.05) is 6.42 Å². The average molecular weight is 453 g/mol. The molecule has 0 amide bonds. The predicted octanol–water partition coefficient (Wildman–Crippen LogP) is 6.47. The summed E-state index contributed by atoms with van der Waals surface area (Å²) in [6.45, 7) is 10.9. The second-order valence-electron chi connectivity index (χ2n) is 11.7. The zero-order valence-corrected chi connectivity index (χ0v) is 21.0. The summed E-state index contributed by atoms with van der Waals surface area (Å²) in [7, 11) is 0. The first-order valence-corrected chi connectivity index (χ1v) is 13.4. The van der Waals surface area contributed by atoms with E-state index in [4.69, 9.17) is 0 Å². The van der Waals surface area contributed by atoms with Crippen molar-refractivity contribution < 1.29 is 15.0 Å². The van der Waals surface area contributed by atoms with Crippen LogP contribution in [0.3, 0.4) is 0 Å². The SMILES string of the molecule is C=C1CC[C@H](O)C/C1=C/C=C1\CCC[C@]2(C)[C@@H]([C@H](C)/C=C/[C@@H](O)C3(C(=O)CC)CC3)CC[C@@H]12. The quantitative estimate of drug-likeness (QED) is 0.435. The summed E-state index contributed by atoms with van der Waals surface area (Å²) in [6.07, 6.45) is 18.7. The lowest BCUT2D eigenvalue weighted by molar-refractivity contribution is -0.126. The maximum Gasteiger partial charge on any atom is 0.141 e. The van der Waals surface area contributed by atoms with Crippen molar-refractivity contribution in [2.24, 2.45) is 28.6 Å². The number of allylic oxidation sites excluding steroid dienone is 5. The number of carbonyl (C=O) groups excluding carboxylic acids is 1. The highest BCUT2D eigenvalue weighted by Gasteiger charge is 2.53. The number of aliphatic hydroxyl groups is 2. The summed E-state index contributed by atoms with van der Waals surface area (Å²) < 4.78 is 0. The van der Waals surface area contributed by atoms with Crippen molar-refractivity contribution in [1.82, 2.24) is 0 Å². The molecular formula is C30H44O3. The molecule has 0 aromatic carbocycles. The zero-order chi connectivity index (χ0) is 23.8. The first-order chi connectivity index (χ1) is 15.7. The van der Waals surface area contributed by atoms with Crippen molar-refractivity contribution in [3.8, 4) is 0 Å². The molecule has 0 heterocycles. The summed E-state index contributed by atoms with van der Waals surface area (Å²) >= 11 is 0. The van der Waals surface area contributed by atoms with E-state index in [1.165, 1.54) is 43.3 Å². The lowest BCUT2D eigenvalue weighted by Crippen LogP contribution is -2.35. The van der Waals surface area contributed by atoms with Crippen molar-refractivity contribution in [2.75, 3.05) is 0 Å². The first kappa shape index (κ1) is 24.7. The van der Waals surface area contributed by atoms with Crippen molar-refractivity contribution in [2.45, 2.75) is 104 Å². The second-order valence-corrected chi connectivity index (χ2v) is 11.7. The third-order valence-electron chi connectivity index (χ3n) is 9.69. The van der Waals surface area contributed by atoms with Gasteiger partial charge in [0.05, 0.1) is 17.6 Å². The molecule has 3 heteroatoms. The average Bonchev–Trinajstić information content (AvgIpc) is 3.53. The number of rotatable bonds is 7. The molecule has 182 valence electrons. The molecule has 4 saturated carbocycles. The summed E-state index contributed by atoms with van der Waals surface area (Å²) in [6, 6.07) is 0. The monoisotopic (exact) mass is 452 g/mol. The summed E-state index contributed by atoms with van der Waals surface area (Å²) in [5, 5.41) is 20.8. The molecule has 4 aliphatic carbocycles. The van der Waals surface area contributed by atoms with Gasteiger partial charge in [0.2, 0.25) is 0 Å². The van der Waals surface area contributed by atoms with Gasteiger partial charge in [-0.05, 0) is 93.0 Å². The minimum absolute atomic E-state index is 0.213. The van der Waals surface area contributed by atoms with Gasteiger partial charge in [0.25, 0.3) is 0 Å². The molecule has 2 N–H and O–H groups in total. The van der Waals surface area contributed by atoms with Crippen LogP contribution in [-0.2, 0) is 4.79 Å². The van der Waals surface area contributed by atoms with Gasteiger partial charge in [0.15, 0.2) is 0 Å². The highest BCUT2D eigenvalue weighted by Crippen LogP contribution is 2.59. The van der Waals surface area contributed by atoms with Crippen LogP contribution in [-0.4, -0.2) is 28.2 Å². The predicted molar refractivity (Wildman–Crippen MR) is 135 cm³/mol. The Morgan fingerprint density at radius 1 is 1.15 bits per heavy atom. The fraction of sp³-hybridized carbons (Fsp3) is 0.700. The molecule has 0 spiro atoms. The fourth-order valence-electron chi connectivity index (χ4n) is 7.36. The van der Waals surface area contributed by atoms with Gasteiger partial charge in [-0.2, -0.15) is 0 Å². The Labute approximate surface area is 200 Å². The molecular weight excluding hydrogens is 408 g/mol. The van der Waals surface area contributed by atoms with Gasteiger partial charge in [-0.1, -0.05) is 62.8 Å². The number of hydrogen-bond acceptors (Lipinski definition) is 3.